The van der Waals surface area contributed by atoms with E-state index in [1.54, 1.807) is 28.3 Å². The van der Waals surface area contributed by atoms with Crippen molar-refractivity contribution in [3.05, 3.63) is 10.8 Å². The quantitative estimate of drug-likeness (QED) is 0.327. The van der Waals surface area contributed by atoms with E-state index in [1.165, 1.54) is 0 Å². The van der Waals surface area contributed by atoms with Crippen LogP contribution in [-0.4, -0.2) is 68.3 Å². The highest BCUT2D eigenvalue weighted by molar-refractivity contribution is 6.69. The zero-order valence-electron chi connectivity index (χ0n) is 15.0. The Labute approximate surface area is 135 Å². The third-order valence-electron chi connectivity index (χ3n) is 3.49. The Hall–Kier alpha value is -0.733. The molecule has 6 nitrogen and oxygen atoms in total. The second-order valence-corrected chi connectivity index (χ2v) is 8.26. The summed E-state index contributed by atoms with van der Waals surface area (Å²) >= 11 is 0. The number of nitrogens with zero attached hydrogens (tertiary/aromatic N) is 1. The fourth-order valence-electron chi connectivity index (χ4n) is 2.10. The van der Waals surface area contributed by atoms with E-state index < -0.39 is 8.80 Å². The van der Waals surface area contributed by atoms with Crippen molar-refractivity contribution in [3.63, 3.8) is 0 Å². The lowest BCUT2D eigenvalue weighted by Crippen LogP contribution is -2.46. The fraction of sp³-hybridized carbons (Fsp3) is 0.800. The molecule has 0 amide bonds. The highest BCUT2D eigenvalue weighted by atomic mass is 28.4. The van der Waals surface area contributed by atoms with E-state index in [0.717, 1.165) is 18.0 Å². The molecule has 7 heteroatoms. The summed E-state index contributed by atoms with van der Waals surface area (Å²) < 4.78 is 21.9. The average Bonchev–Trinajstić information content (AvgIpc) is 2.51. The maximum absolute atomic E-state index is 12.3. The highest BCUT2D eigenvalue weighted by Crippen LogP contribution is 2.26. The van der Waals surface area contributed by atoms with Gasteiger partial charge in [0.2, 0.25) is 0 Å². The minimum absolute atomic E-state index is 0.337. The van der Waals surface area contributed by atoms with E-state index in [2.05, 4.69) is 6.92 Å². The number of ether oxygens (including phenoxy) is 1. The van der Waals surface area contributed by atoms with Crippen LogP contribution in [0.3, 0.4) is 0 Å². The maximum atomic E-state index is 12.3. The van der Waals surface area contributed by atoms with Gasteiger partial charge in [-0.25, -0.2) is 4.79 Å². The summed E-state index contributed by atoms with van der Waals surface area (Å²) in [4.78, 5) is 14.2. The molecule has 0 bridgehead atoms. The number of rotatable bonds is 11. The van der Waals surface area contributed by atoms with Gasteiger partial charge in [-0.3, -0.25) is 0 Å². The van der Waals surface area contributed by atoms with Crippen LogP contribution in [0, 0.1) is 0 Å². The molecule has 0 unspecified atom stereocenters. The number of likely N-dealkylation sites (N-methyl/N-ethyl adjacent to an activating group) is 1. The van der Waals surface area contributed by atoms with Gasteiger partial charge in [0, 0.05) is 38.6 Å². The SMILES string of the molecule is CCCCC(=C(C)C(=O)OCCN(C)C)[Si](OC)(OC)OC. The van der Waals surface area contributed by atoms with Gasteiger partial charge in [0.25, 0.3) is 0 Å². The van der Waals surface area contributed by atoms with Gasteiger partial charge < -0.3 is 22.9 Å². The van der Waals surface area contributed by atoms with E-state index >= 15 is 0 Å². The van der Waals surface area contributed by atoms with Crippen LogP contribution >= 0.6 is 0 Å². The van der Waals surface area contributed by atoms with E-state index in [0.29, 0.717) is 25.1 Å². The summed E-state index contributed by atoms with van der Waals surface area (Å²) in [6.07, 6.45) is 2.64. The van der Waals surface area contributed by atoms with Crippen molar-refractivity contribution in [1.82, 2.24) is 4.90 Å². The normalized spacial score (nSPS) is 13.3. The van der Waals surface area contributed by atoms with Gasteiger partial charge in [-0.05, 0) is 33.9 Å². The van der Waals surface area contributed by atoms with Gasteiger partial charge in [0.1, 0.15) is 6.61 Å². The molecule has 0 fully saturated rings. The molecule has 0 aromatic heterocycles. The molecular formula is C15H31NO5Si. The predicted octanol–water partition coefficient (Wildman–Crippen LogP) is 2.02. The highest BCUT2D eigenvalue weighted by Gasteiger charge is 2.44. The Morgan fingerprint density at radius 1 is 1.09 bits per heavy atom. The smallest absolute Gasteiger partial charge is 0.461 e. The standard InChI is InChI=1S/C15H31NO5Si/c1-8-9-10-14(22(18-5,19-6)20-7)13(2)15(17)21-12-11-16(3)4/h8-12H2,1-7H3. The van der Waals surface area contributed by atoms with Gasteiger partial charge in [-0.2, -0.15) is 0 Å². The molecule has 22 heavy (non-hydrogen) atoms. The molecule has 0 spiro atoms. The third kappa shape index (κ3) is 6.17. The van der Waals surface area contributed by atoms with Crippen LogP contribution in [0.4, 0.5) is 0 Å². The first-order chi connectivity index (χ1) is 10.4. The van der Waals surface area contributed by atoms with Crippen molar-refractivity contribution >= 4 is 14.8 Å². The Morgan fingerprint density at radius 3 is 2.05 bits per heavy atom. The number of esters is 1. The Kier molecular flexibility index (Phi) is 10.5. The zero-order valence-corrected chi connectivity index (χ0v) is 16.0. The molecule has 0 saturated carbocycles. The topological polar surface area (TPSA) is 57.2 Å². The molecule has 0 rings (SSSR count). The van der Waals surface area contributed by atoms with Gasteiger partial charge >= 0.3 is 14.8 Å². The predicted molar refractivity (Wildman–Crippen MR) is 88.5 cm³/mol. The summed E-state index contributed by atoms with van der Waals surface area (Å²) in [6, 6.07) is 0. The lowest BCUT2D eigenvalue weighted by Gasteiger charge is -2.28. The fourth-order valence-corrected chi connectivity index (χ4v) is 4.38. The maximum Gasteiger partial charge on any atom is 0.532 e. The Balaban J connectivity index is 5.29. The van der Waals surface area contributed by atoms with Crippen LogP contribution in [0.15, 0.2) is 10.8 Å². The number of carbonyl (C=O) groups is 1. The van der Waals surface area contributed by atoms with Crippen LogP contribution in [0.25, 0.3) is 0 Å². The molecule has 0 atom stereocenters. The Bertz CT molecular complexity index is 359. The molecule has 0 aliphatic heterocycles. The second kappa shape index (κ2) is 10.9. The second-order valence-electron chi connectivity index (χ2n) is 5.31. The molecule has 0 aliphatic carbocycles. The summed E-state index contributed by atoms with van der Waals surface area (Å²) in [7, 11) is 5.52. The number of unbranched alkanes of at least 4 members (excludes halogenated alkanes) is 1. The molecule has 0 aromatic carbocycles. The first-order valence-corrected chi connectivity index (χ1v) is 9.28. The van der Waals surface area contributed by atoms with Crippen molar-refractivity contribution in [3.8, 4) is 0 Å². The molecule has 0 saturated heterocycles. The molecule has 0 aromatic rings. The van der Waals surface area contributed by atoms with E-state index in [9.17, 15) is 4.79 Å². The lowest BCUT2D eigenvalue weighted by atomic mass is 10.2. The van der Waals surface area contributed by atoms with Crippen LogP contribution in [0.5, 0.6) is 0 Å². The van der Waals surface area contributed by atoms with Crippen molar-refractivity contribution in [2.75, 3.05) is 48.6 Å². The Morgan fingerprint density at radius 2 is 1.64 bits per heavy atom. The summed E-state index contributed by atoms with van der Waals surface area (Å²) in [5.41, 5.74) is 0.532. The van der Waals surface area contributed by atoms with Crippen molar-refractivity contribution in [1.29, 1.82) is 0 Å². The van der Waals surface area contributed by atoms with E-state index in [-0.39, 0.29) is 5.97 Å². The number of hydrogen-bond acceptors (Lipinski definition) is 6. The zero-order chi connectivity index (χ0) is 17.2. The third-order valence-corrected chi connectivity index (χ3v) is 6.46. The molecular weight excluding hydrogens is 302 g/mol. The van der Waals surface area contributed by atoms with Crippen molar-refractivity contribution in [2.45, 2.75) is 33.1 Å². The molecule has 0 N–H and O–H groups in total. The monoisotopic (exact) mass is 333 g/mol. The van der Waals surface area contributed by atoms with Crippen LogP contribution in [-0.2, 0) is 22.8 Å². The molecule has 0 heterocycles. The van der Waals surface area contributed by atoms with Crippen molar-refractivity contribution in [2.24, 2.45) is 0 Å². The van der Waals surface area contributed by atoms with Crippen LogP contribution in [0.1, 0.15) is 33.1 Å². The summed E-state index contributed by atoms with van der Waals surface area (Å²) in [5.74, 6) is -0.337. The summed E-state index contributed by atoms with van der Waals surface area (Å²) in [5, 5.41) is 0.803. The number of carbonyl (C=O) groups excluding carboxylic acids is 1. The lowest BCUT2D eigenvalue weighted by molar-refractivity contribution is -0.139. The molecule has 0 radical (unpaired) electrons. The van der Waals surface area contributed by atoms with E-state index in [1.807, 2.05) is 19.0 Å². The first kappa shape index (κ1) is 21.3. The largest absolute Gasteiger partial charge is 0.532 e. The van der Waals surface area contributed by atoms with E-state index in [4.69, 9.17) is 18.0 Å². The number of allylic oxidation sites excluding steroid dienone is 1. The summed E-state index contributed by atoms with van der Waals surface area (Å²) in [6.45, 7) is 4.89. The van der Waals surface area contributed by atoms with Gasteiger partial charge in [-0.1, -0.05) is 13.3 Å². The minimum Gasteiger partial charge on any atom is -0.461 e. The van der Waals surface area contributed by atoms with Gasteiger partial charge in [0.15, 0.2) is 0 Å². The van der Waals surface area contributed by atoms with Crippen LogP contribution < -0.4 is 0 Å². The number of hydrogen-bond donors (Lipinski definition) is 0. The van der Waals surface area contributed by atoms with Crippen molar-refractivity contribution < 1.29 is 22.8 Å². The minimum atomic E-state index is -3.00. The first-order valence-electron chi connectivity index (χ1n) is 7.56. The molecule has 0 aliphatic rings. The van der Waals surface area contributed by atoms with Gasteiger partial charge in [0.05, 0.1) is 0 Å². The van der Waals surface area contributed by atoms with Gasteiger partial charge in [-0.15, -0.1) is 0 Å². The van der Waals surface area contributed by atoms with Crippen LogP contribution in [0.2, 0.25) is 0 Å². The molecule has 130 valence electrons. The average molecular weight is 334 g/mol.